The van der Waals surface area contributed by atoms with E-state index in [1.54, 1.807) is 24.3 Å². The normalized spacial score (nSPS) is 10.1. The van der Waals surface area contributed by atoms with Gasteiger partial charge >= 0.3 is 12.0 Å². The Kier molecular flexibility index (Phi) is 5.91. The first-order valence-corrected chi connectivity index (χ1v) is 7.49. The molecule has 8 nitrogen and oxygen atoms in total. The lowest BCUT2D eigenvalue weighted by molar-refractivity contribution is -0.384. The van der Waals surface area contributed by atoms with Gasteiger partial charge in [0.2, 0.25) is 0 Å². The zero-order chi connectivity index (χ0) is 18.4. The second kappa shape index (κ2) is 8.11. The molecule has 2 aromatic carbocycles. The molecule has 0 bridgehead atoms. The summed E-state index contributed by atoms with van der Waals surface area (Å²) < 4.78 is 0. The second-order valence-electron chi connectivity index (χ2n) is 5.11. The molecule has 0 saturated heterocycles. The van der Waals surface area contributed by atoms with Crippen LogP contribution in [0.1, 0.15) is 5.56 Å². The lowest BCUT2D eigenvalue weighted by Gasteiger charge is -2.21. The van der Waals surface area contributed by atoms with Crippen molar-refractivity contribution >= 4 is 35.0 Å². The zero-order valence-electron chi connectivity index (χ0n) is 12.9. The van der Waals surface area contributed by atoms with E-state index >= 15 is 0 Å². The minimum Gasteiger partial charge on any atom is -0.480 e. The molecule has 0 radical (unpaired) electrons. The molecule has 0 saturated carbocycles. The summed E-state index contributed by atoms with van der Waals surface area (Å²) in [4.78, 5) is 34.5. The number of carboxylic acids is 1. The van der Waals surface area contributed by atoms with Crippen molar-refractivity contribution in [1.29, 1.82) is 0 Å². The minimum atomic E-state index is -1.16. The highest BCUT2D eigenvalue weighted by Gasteiger charge is 2.18. The Balaban J connectivity index is 2.10. The number of anilines is 1. The molecule has 25 heavy (non-hydrogen) atoms. The molecule has 0 spiro atoms. The Bertz CT molecular complexity index is 777. The number of rotatable bonds is 6. The highest BCUT2D eigenvalue weighted by molar-refractivity contribution is 6.30. The number of carboxylic acid groups (broad SMARTS) is 1. The Morgan fingerprint density at radius 1 is 1.12 bits per heavy atom. The van der Waals surface area contributed by atoms with Gasteiger partial charge in [-0.15, -0.1) is 0 Å². The number of carbonyl (C=O) groups is 2. The van der Waals surface area contributed by atoms with E-state index in [-0.39, 0.29) is 12.2 Å². The zero-order valence-corrected chi connectivity index (χ0v) is 13.6. The van der Waals surface area contributed by atoms with Crippen LogP contribution in [0.2, 0.25) is 5.02 Å². The number of non-ortho nitro benzene ring substituents is 1. The maximum absolute atomic E-state index is 12.3. The highest BCUT2D eigenvalue weighted by Crippen LogP contribution is 2.17. The summed E-state index contributed by atoms with van der Waals surface area (Å²) in [7, 11) is 0. The first-order chi connectivity index (χ1) is 11.8. The monoisotopic (exact) mass is 363 g/mol. The van der Waals surface area contributed by atoms with E-state index in [1.165, 1.54) is 24.3 Å². The van der Waals surface area contributed by atoms with Gasteiger partial charge in [0.1, 0.15) is 6.54 Å². The molecule has 2 aromatic rings. The number of carbonyl (C=O) groups excluding carboxylic acids is 1. The summed E-state index contributed by atoms with van der Waals surface area (Å²) in [6.07, 6.45) is 0. The summed E-state index contributed by atoms with van der Waals surface area (Å²) >= 11 is 5.80. The van der Waals surface area contributed by atoms with Crippen LogP contribution in [0.3, 0.4) is 0 Å². The Morgan fingerprint density at radius 3 is 2.24 bits per heavy atom. The van der Waals surface area contributed by atoms with Crippen LogP contribution in [0.5, 0.6) is 0 Å². The predicted molar refractivity (Wildman–Crippen MR) is 91.6 cm³/mol. The molecule has 0 aliphatic rings. The van der Waals surface area contributed by atoms with Crippen molar-refractivity contribution < 1.29 is 19.6 Å². The fourth-order valence-electron chi connectivity index (χ4n) is 2.04. The van der Waals surface area contributed by atoms with E-state index in [0.717, 1.165) is 4.90 Å². The third-order valence-electron chi connectivity index (χ3n) is 3.23. The second-order valence-corrected chi connectivity index (χ2v) is 5.55. The van der Waals surface area contributed by atoms with Crippen LogP contribution in [-0.4, -0.2) is 33.5 Å². The van der Waals surface area contributed by atoms with E-state index < -0.39 is 23.5 Å². The first-order valence-electron chi connectivity index (χ1n) is 7.12. The number of nitro groups is 1. The van der Waals surface area contributed by atoms with E-state index in [2.05, 4.69) is 5.32 Å². The maximum Gasteiger partial charge on any atom is 0.323 e. The van der Waals surface area contributed by atoms with Gasteiger partial charge < -0.3 is 15.3 Å². The molecule has 0 aliphatic heterocycles. The number of urea groups is 1. The van der Waals surface area contributed by atoms with Gasteiger partial charge in [0, 0.05) is 29.4 Å². The van der Waals surface area contributed by atoms with E-state index in [4.69, 9.17) is 16.7 Å². The molecule has 0 unspecified atom stereocenters. The van der Waals surface area contributed by atoms with Crippen molar-refractivity contribution in [2.45, 2.75) is 6.54 Å². The molecular weight excluding hydrogens is 350 g/mol. The molecule has 2 amide bonds. The van der Waals surface area contributed by atoms with E-state index in [9.17, 15) is 19.7 Å². The summed E-state index contributed by atoms with van der Waals surface area (Å²) in [5, 5.41) is 22.7. The smallest absolute Gasteiger partial charge is 0.323 e. The maximum atomic E-state index is 12.3. The number of amides is 2. The molecule has 2 rings (SSSR count). The number of nitro benzene ring substituents is 1. The van der Waals surface area contributed by atoms with Crippen molar-refractivity contribution in [1.82, 2.24) is 4.90 Å². The van der Waals surface area contributed by atoms with Crippen LogP contribution >= 0.6 is 11.6 Å². The van der Waals surface area contributed by atoms with Crippen LogP contribution in [0.15, 0.2) is 48.5 Å². The number of aliphatic carboxylic acids is 1. The van der Waals surface area contributed by atoms with Gasteiger partial charge in [-0.2, -0.15) is 0 Å². The van der Waals surface area contributed by atoms with Crippen LogP contribution < -0.4 is 5.32 Å². The van der Waals surface area contributed by atoms with Gasteiger partial charge in [-0.1, -0.05) is 23.7 Å². The Labute approximate surface area is 147 Å². The average Bonchev–Trinajstić information content (AvgIpc) is 2.56. The van der Waals surface area contributed by atoms with Crippen molar-refractivity contribution in [3.63, 3.8) is 0 Å². The van der Waals surface area contributed by atoms with Crippen LogP contribution in [-0.2, 0) is 11.3 Å². The quantitative estimate of drug-likeness (QED) is 0.603. The molecule has 9 heteroatoms. The van der Waals surface area contributed by atoms with Crippen molar-refractivity contribution in [3.8, 4) is 0 Å². The fourth-order valence-corrected chi connectivity index (χ4v) is 2.17. The molecule has 130 valence electrons. The van der Waals surface area contributed by atoms with Gasteiger partial charge in [-0.3, -0.25) is 14.9 Å². The summed E-state index contributed by atoms with van der Waals surface area (Å²) in [5.41, 5.74) is 0.924. The van der Waals surface area contributed by atoms with Gasteiger partial charge in [0.05, 0.1) is 4.92 Å². The number of benzene rings is 2. The molecule has 0 fully saturated rings. The Morgan fingerprint density at radius 2 is 1.72 bits per heavy atom. The van der Waals surface area contributed by atoms with Crippen molar-refractivity contribution in [2.24, 2.45) is 0 Å². The highest BCUT2D eigenvalue weighted by atomic mass is 35.5. The third kappa shape index (κ3) is 5.47. The van der Waals surface area contributed by atoms with Crippen molar-refractivity contribution in [3.05, 3.63) is 69.2 Å². The third-order valence-corrected chi connectivity index (χ3v) is 3.48. The molecule has 0 heterocycles. The molecule has 0 aliphatic carbocycles. The number of nitrogens with zero attached hydrogens (tertiary/aromatic N) is 2. The topological polar surface area (TPSA) is 113 Å². The lowest BCUT2D eigenvalue weighted by atomic mass is 10.2. The molecular formula is C16H14ClN3O5. The summed E-state index contributed by atoms with van der Waals surface area (Å²) in [6.45, 7) is -0.427. The van der Waals surface area contributed by atoms with Gasteiger partial charge in [0.25, 0.3) is 5.69 Å². The van der Waals surface area contributed by atoms with Crippen molar-refractivity contribution in [2.75, 3.05) is 11.9 Å². The minimum absolute atomic E-state index is 0.0717. The fraction of sp³-hybridized carbons (Fsp3) is 0.125. The van der Waals surface area contributed by atoms with Gasteiger partial charge in [0.15, 0.2) is 0 Å². The Hall–Kier alpha value is -3.13. The first kappa shape index (κ1) is 18.2. The van der Waals surface area contributed by atoms with Crippen LogP contribution in [0.4, 0.5) is 16.2 Å². The predicted octanol–water partition coefficient (Wildman–Crippen LogP) is 3.37. The number of nitrogens with one attached hydrogen (secondary N) is 1. The molecule has 0 atom stereocenters. The van der Waals surface area contributed by atoms with Crippen LogP contribution in [0.25, 0.3) is 0 Å². The van der Waals surface area contributed by atoms with Crippen LogP contribution in [0, 0.1) is 10.1 Å². The number of hydrogen-bond donors (Lipinski definition) is 2. The van der Waals surface area contributed by atoms with E-state index in [1.807, 2.05) is 0 Å². The summed E-state index contributed by atoms with van der Waals surface area (Å²) in [5.74, 6) is -1.16. The SMILES string of the molecule is O=C(O)CN(Cc1ccc(Cl)cc1)C(=O)Nc1ccc([N+](=O)[O-])cc1. The molecule has 0 aromatic heterocycles. The number of hydrogen-bond acceptors (Lipinski definition) is 4. The average molecular weight is 364 g/mol. The molecule has 2 N–H and O–H groups in total. The van der Waals surface area contributed by atoms with Gasteiger partial charge in [-0.05, 0) is 29.8 Å². The number of halogens is 1. The largest absolute Gasteiger partial charge is 0.480 e. The lowest BCUT2D eigenvalue weighted by Crippen LogP contribution is -2.38. The summed E-state index contributed by atoms with van der Waals surface area (Å²) in [6, 6.07) is 11.3. The van der Waals surface area contributed by atoms with E-state index in [0.29, 0.717) is 16.3 Å². The standard InChI is InChI=1S/C16H14ClN3O5/c17-12-3-1-11(2-4-12)9-19(10-15(21)22)16(23)18-13-5-7-14(8-6-13)20(24)25/h1-8H,9-10H2,(H,18,23)(H,21,22). The van der Waals surface area contributed by atoms with Gasteiger partial charge in [-0.25, -0.2) is 4.79 Å².